The topological polar surface area (TPSA) is 67.3 Å². The van der Waals surface area contributed by atoms with Crippen LogP contribution in [0.25, 0.3) is 11.0 Å². The van der Waals surface area contributed by atoms with Crippen molar-refractivity contribution in [3.63, 3.8) is 0 Å². The van der Waals surface area contributed by atoms with Crippen LogP contribution in [0.15, 0.2) is 66.9 Å². The molecule has 1 N–H and O–H groups in total. The molecule has 0 saturated carbocycles. The Balaban J connectivity index is 1.33. The summed E-state index contributed by atoms with van der Waals surface area (Å²) >= 11 is 5.64. The van der Waals surface area contributed by atoms with Crippen LogP contribution in [0.3, 0.4) is 0 Å². The Morgan fingerprint density at radius 1 is 0.972 bits per heavy atom. The maximum atomic E-state index is 13.1. The highest BCUT2D eigenvalue weighted by atomic mass is 35.5. The minimum Gasteiger partial charge on any atom is -0.457 e. The van der Waals surface area contributed by atoms with E-state index in [9.17, 15) is 18.0 Å². The predicted molar refractivity (Wildman–Crippen MR) is 132 cm³/mol. The van der Waals surface area contributed by atoms with Gasteiger partial charge in [0.05, 0.1) is 27.8 Å². The quantitative estimate of drug-likeness (QED) is 0.313. The summed E-state index contributed by atoms with van der Waals surface area (Å²) in [6, 6.07) is 14.9. The largest absolute Gasteiger partial charge is 0.457 e. The summed E-state index contributed by atoms with van der Waals surface area (Å²) < 4.78 is 45.4. The highest BCUT2D eigenvalue weighted by molar-refractivity contribution is 6.31. The minimum absolute atomic E-state index is 0.167. The van der Waals surface area contributed by atoms with Gasteiger partial charge >= 0.3 is 6.18 Å². The van der Waals surface area contributed by atoms with Gasteiger partial charge in [0.2, 0.25) is 0 Å². The fourth-order valence-electron chi connectivity index (χ4n) is 4.00. The number of hydrogen-bond acceptors (Lipinski definition) is 5. The molecule has 0 spiro atoms. The number of rotatable bonds is 5. The lowest BCUT2D eigenvalue weighted by Gasteiger charge is -2.16. The summed E-state index contributed by atoms with van der Waals surface area (Å²) in [6.07, 6.45) is -0.617. The van der Waals surface area contributed by atoms with E-state index in [0.29, 0.717) is 22.7 Å². The zero-order valence-corrected chi connectivity index (χ0v) is 19.6. The number of nitrogens with one attached hydrogen (secondary N) is 1. The van der Waals surface area contributed by atoms with Gasteiger partial charge in [-0.3, -0.25) is 9.78 Å². The molecule has 2 heterocycles. The molecular formula is C26H20ClF3N4O2. The van der Waals surface area contributed by atoms with Crippen LogP contribution in [0, 0.1) is 0 Å². The van der Waals surface area contributed by atoms with Crippen LogP contribution in [-0.4, -0.2) is 29.0 Å². The second-order valence-electron chi connectivity index (χ2n) is 8.35. The summed E-state index contributed by atoms with van der Waals surface area (Å²) in [7, 11) is 0. The minimum atomic E-state index is -4.67. The lowest BCUT2D eigenvalue weighted by atomic mass is 10.1. The molecule has 1 aromatic heterocycles. The van der Waals surface area contributed by atoms with E-state index in [2.05, 4.69) is 15.2 Å². The van der Waals surface area contributed by atoms with Crippen molar-refractivity contribution in [2.75, 3.05) is 23.3 Å². The van der Waals surface area contributed by atoms with E-state index in [-0.39, 0.29) is 5.56 Å². The van der Waals surface area contributed by atoms with Crippen molar-refractivity contribution < 1.29 is 22.7 Å². The zero-order valence-electron chi connectivity index (χ0n) is 18.8. The molecule has 1 amide bonds. The third-order valence-corrected chi connectivity index (χ3v) is 6.12. The first-order valence-electron chi connectivity index (χ1n) is 11.2. The van der Waals surface area contributed by atoms with Crippen LogP contribution in [0.5, 0.6) is 11.5 Å². The molecular weight excluding hydrogens is 493 g/mol. The van der Waals surface area contributed by atoms with E-state index in [1.54, 1.807) is 42.6 Å². The number of carbonyl (C=O) groups is 1. The van der Waals surface area contributed by atoms with Gasteiger partial charge in [-0.15, -0.1) is 0 Å². The molecule has 6 nitrogen and oxygen atoms in total. The molecule has 36 heavy (non-hydrogen) atoms. The van der Waals surface area contributed by atoms with Crippen LogP contribution >= 0.6 is 11.6 Å². The Morgan fingerprint density at radius 3 is 2.53 bits per heavy atom. The van der Waals surface area contributed by atoms with Crippen LogP contribution in [0.4, 0.5) is 24.7 Å². The monoisotopic (exact) mass is 512 g/mol. The fourth-order valence-corrected chi connectivity index (χ4v) is 4.23. The van der Waals surface area contributed by atoms with E-state index >= 15 is 0 Å². The van der Waals surface area contributed by atoms with Crippen molar-refractivity contribution >= 4 is 40.0 Å². The van der Waals surface area contributed by atoms with Gasteiger partial charge in [-0.1, -0.05) is 17.7 Å². The van der Waals surface area contributed by atoms with Gasteiger partial charge in [0.15, 0.2) is 0 Å². The van der Waals surface area contributed by atoms with Crippen molar-refractivity contribution in [3.8, 4) is 11.5 Å². The highest BCUT2D eigenvalue weighted by Gasteiger charge is 2.33. The molecule has 0 bridgehead atoms. The molecule has 0 atom stereocenters. The van der Waals surface area contributed by atoms with E-state index in [1.807, 2.05) is 6.07 Å². The van der Waals surface area contributed by atoms with Crippen molar-refractivity contribution in [2.24, 2.45) is 0 Å². The van der Waals surface area contributed by atoms with Gasteiger partial charge in [-0.2, -0.15) is 13.2 Å². The number of ether oxygens (including phenoxy) is 1. The summed E-state index contributed by atoms with van der Waals surface area (Å²) in [5, 5.41) is 2.12. The third-order valence-electron chi connectivity index (χ3n) is 5.79. The van der Waals surface area contributed by atoms with Crippen molar-refractivity contribution in [1.29, 1.82) is 0 Å². The number of aromatic nitrogens is 2. The Hall–Kier alpha value is -3.85. The average molecular weight is 513 g/mol. The molecule has 1 aliphatic rings. The molecule has 3 aromatic carbocycles. The molecule has 0 radical (unpaired) electrons. The van der Waals surface area contributed by atoms with E-state index in [1.165, 1.54) is 6.07 Å². The van der Waals surface area contributed by atoms with E-state index < -0.39 is 22.7 Å². The summed E-state index contributed by atoms with van der Waals surface area (Å²) in [5.74, 6) is 1.09. The van der Waals surface area contributed by atoms with Gasteiger partial charge < -0.3 is 15.0 Å². The number of carbonyl (C=O) groups excluding carboxylic acids is 1. The number of amides is 1. The lowest BCUT2D eigenvalue weighted by Crippen LogP contribution is -2.19. The average Bonchev–Trinajstić information content (AvgIpc) is 3.38. The Kier molecular flexibility index (Phi) is 6.40. The first kappa shape index (κ1) is 23.9. The van der Waals surface area contributed by atoms with Crippen LogP contribution in [0.2, 0.25) is 5.02 Å². The first-order valence-corrected chi connectivity index (χ1v) is 11.6. The van der Waals surface area contributed by atoms with E-state index in [0.717, 1.165) is 49.4 Å². The van der Waals surface area contributed by atoms with Gasteiger partial charge in [-0.05, 0) is 55.3 Å². The second kappa shape index (κ2) is 9.66. The maximum absolute atomic E-state index is 13.1. The number of alkyl halides is 3. The molecule has 0 aliphatic carbocycles. The zero-order chi connectivity index (χ0) is 25.3. The van der Waals surface area contributed by atoms with Gasteiger partial charge in [-0.25, -0.2) is 4.98 Å². The molecule has 10 heteroatoms. The second-order valence-corrected chi connectivity index (χ2v) is 8.76. The van der Waals surface area contributed by atoms with Gasteiger partial charge in [0.1, 0.15) is 17.3 Å². The molecule has 4 aromatic rings. The summed E-state index contributed by atoms with van der Waals surface area (Å²) in [4.78, 5) is 24.0. The van der Waals surface area contributed by atoms with Crippen LogP contribution in [0.1, 0.15) is 28.8 Å². The van der Waals surface area contributed by atoms with Crippen LogP contribution in [-0.2, 0) is 6.18 Å². The molecule has 1 saturated heterocycles. The van der Waals surface area contributed by atoms with Crippen molar-refractivity contribution in [3.05, 3.63) is 83.0 Å². The predicted octanol–water partition coefficient (Wildman–Crippen LogP) is 6.95. The number of fused-ring (bicyclic) bond motifs is 1. The number of nitrogens with zero attached hydrogens (tertiary/aromatic N) is 3. The lowest BCUT2D eigenvalue weighted by molar-refractivity contribution is -0.137. The molecule has 184 valence electrons. The van der Waals surface area contributed by atoms with Crippen molar-refractivity contribution in [2.45, 2.75) is 19.0 Å². The molecule has 5 rings (SSSR count). The first-order chi connectivity index (χ1) is 17.3. The molecule has 1 aliphatic heterocycles. The number of halogens is 4. The normalized spacial score (nSPS) is 13.7. The third kappa shape index (κ3) is 5.21. The molecule has 0 unspecified atom stereocenters. The fraction of sp³-hybridized carbons (Fsp3) is 0.192. The van der Waals surface area contributed by atoms with Crippen molar-refractivity contribution in [1.82, 2.24) is 9.97 Å². The standard InChI is InChI=1S/C26H20ClF3N4O2/c27-21-8-6-16(12-20(21)26(28,29)30)25(35)32-17-4-3-5-18(13-17)36-19-7-9-22-23(14-19)33-24(15-31-22)34-10-1-2-11-34/h3-9,12-15H,1-2,10-11H2,(H,32,35). The smallest absolute Gasteiger partial charge is 0.417 e. The van der Waals surface area contributed by atoms with Crippen LogP contribution < -0.4 is 15.0 Å². The highest BCUT2D eigenvalue weighted by Crippen LogP contribution is 2.35. The maximum Gasteiger partial charge on any atom is 0.417 e. The molecule has 1 fully saturated rings. The SMILES string of the molecule is O=C(Nc1cccc(Oc2ccc3ncc(N4CCCC4)nc3c2)c1)c1ccc(Cl)c(C(F)(F)F)c1. The number of benzene rings is 3. The summed E-state index contributed by atoms with van der Waals surface area (Å²) in [5.41, 5.74) is 0.566. The Morgan fingerprint density at radius 2 is 1.75 bits per heavy atom. The van der Waals surface area contributed by atoms with Gasteiger partial charge in [0.25, 0.3) is 5.91 Å². The van der Waals surface area contributed by atoms with E-state index in [4.69, 9.17) is 21.3 Å². The number of hydrogen-bond donors (Lipinski definition) is 1. The Bertz CT molecular complexity index is 1440. The van der Waals surface area contributed by atoms with Gasteiger partial charge in [0, 0.05) is 36.5 Å². The number of anilines is 2. The summed E-state index contributed by atoms with van der Waals surface area (Å²) in [6.45, 7) is 1.92. The Labute approximate surface area is 209 Å².